The van der Waals surface area contributed by atoms with Crippen molar-refractivity contribution in [2.24, 2.45) is 0 Å². The zero-order chi connectivity index (χ0) is 26.1. The van der Waals surface area contributed by atoms with Gasteiger partial charge in [0, 0.05) is 16.8 Å². The van der Waals surface area contributed by atoms with Crippen molar-refractivity contribution >= 4 is 23.1 Å². The van der Waals surface area contributed by atoms with Gasteiger partial charge in [0.25, 0.3) is 11.7 Å². The summed E-state index contributed by atoms with van der Waals surface area (Å²) in [6.07, 6.45) is 0. The van der Waals surface area contributed by atoms with Crippen molar-refractivity contribution in [1.29, 1.82) is 0 Å². The molecule has 1 saturated heterocycles. The Morgan fingerprint density at radius 2 is 1.61 bits per heavy atom. The van der Waals surface area contributed by atoms with Gasteiger partial charge < -0.3 is 14.6 Å². The number of hydrogen-bond donors (Lipinski definition) is 1. The SMILES string of the molecule is COc1cc(C)c(/C(O)=C2\C(=O)C(=O)N(c3cccc(C)c3)C2c2ccccc2OC)cc1C(C)C. The highest BCUT2D eigenvalue weighted by Crippen LogP contribution is 2.45. The maximum absolute atomic E-state index is 13.6. The number of amides is 1. The van der Waals surface area contributed by atoms with Crippen molar-refractivity contribution < 1.29 is 24.2 Å². The summed E-state index contributed by atoms with van der Waals surface area (Å²) in [6, 6.07) is 17.5. The Labute approximate surface area is 211 Å². The Kier molecular flexibility index (Phi) is 6.88. The van der Waals surface area contributed by atoms with Crippen LogP contribution >= 0.6 is 0 Å². The minimum atomic E-state index is -0.869. The van der Waals surface area contributed by atoms with E-state index in [1.807, 2.05) is 76.2 Å². The highest BCUT2D eigenvalue weighted by molar-refractivity contribution is 6.51. The number of hydrogen-bond acceptors (Lipinski definition) is 5. The highest BCUT2D eigenvalue weighted by atomic mass is 16.5. The third kappa shape index (κ3) is 4.24. The normalized spacial score (nSPS) is 17.1. The molecule has 0 spiro atoms. The molecule has 1 fully saturated rings. The molecule has 36 heavy (non-hydrogen) atoms. The van der Waals surface area contributed by atoms with E-state index in [1.54, 1.807) is 26.4 Å². The molecule has 0 bridgehead atoms. The van der Waals surface area contributed by atoms with Crippen molar-refractivity contribution in [2.45, 2.75) is 39.7 Å². The van der Waals surface area contributed by atoms with E-state index >= 15 is 0 Å². The summed E-state index contributed by atoms with van der Waals surface area (Å²) in [5.74, 6) is -0.323. The van der Waals surface area contributed by atoms with Crippen LogP contribution in [0.15, 0.2) is 66.2 Å². The average molecular weight is 486 g/mol. The fraction of sp³-hybridized carbons (Fsp3) is 0.267. The maximum atomic E-state index is 13.6. The molecule has 4 rings (SSSR count). The second-order valence-electron chi connectivity index (χ2n) is 9.31. The molecule has 0 aliphatic carbocycles. The van der Waals surface area contributed by atoms with Gasteiger partial charge in [-0.25, -0.2) is 0 Å². The molecule has 3 aromatic rings. The van der Waals surface area contributed by atoms with Crippen LogP contribution in [-0.2, 0) is 9.59 Å². The second kappa shape index (κ2) is 9.90. The average Bonchev–Trinajstić information content (AvgIpc) is 3.13. The zero-order valence-corrected chi connectivity index (χ0v) is 21.5. The van der Waals surface area contributed by atoms with Crippen LogP contribution in [-0.4, -0.2) is 31.0 Å². The fourth-order valence-corrected chi connectivity index (χ4v) is 4.79. The van der Waals surface area contributed by atoms with Gasteiger partial charge in [-0.15, -0.1) is 0 Å². The van der Waals surface area contributed by atoms with E-state index < -0.39 is 17.7 Å². The molecule has 1 aliphatic rings. The number of carbonyl (C=O) groups excluding carboxylic acids is 2. The van der Waals surface area contributed by atoms with Crippen LogP contribution < -0.4 is 14.4 Å². The van der Waals surface area contributed by atoms with Crippen molar-refractivity contribution in [3.8, 4) is 11.5 Å². The molecule has 6 heteroatoms. The van der Waals surface area contributed by atoms with Gasteiger partial charge in [-0.1, -0.05) is 44.2 Å². The number of ketones is 1. The first-order valence-corrected chi connectivity index (χ1v) is 11.9. The van der Waals surface area contributed by atoms with E-state index in [0.29, 0.717) is 28.3 Å². The predicted molar refractivity (Wildman–Crippen MR) is 141 cm³/mol. The van der Waals surface area contributed by atoms with Crippen LogP contribution in [0, 0.1) is 13.8 Å². The number of aliphatic hydroxyl groups excluding tert-OH is 1. The van der Waals surface area contributed by atoms with E-state index in [4.69, 9.17) is 9.47 Å². The van der Waals surface area contributed by atoms with Crippen LogP contribution in [0.4, 0.5) is 5.69 Å². The number of methoxy groups -OCH3 is 2. The van der Waals surface area contributed by atoms with Gasteiger partial charge in [-0.2, -0.15) is 0 Å². The Hall–Kier alpha value is -4.06. The molecule has 0 aromatic heterocycles. The van der Waals surface area contributed by atoms with Gasteiger partial charge >= 0.3 is 0 Å². The number of para-hydroxylation sites is 1. The molecule has 1 N–H and O–H groups in total. The number of nitrogens with zero attached hydrogens (tertiary/aromatic N) is 1. The van der Waals surface area contributed by atoms with Crippen molar-refractivity contribution in [3.05, 3.63) is 94.1 Å². The van der Waals surface area contributed by atoms with Gasteiger partial charge in [-0.3, -0.25) is 14.5 Å². The number of aliphatic hydroxyl groups is 1. The quantitative estimate of drug-likeness (QED) is 0.261. The predicted octanol–water partition coefficient (Wildman–Crippen LogP) is 6.07. The summed E-state index contributed by atoms with van der Waals surface area (Å²) < 4.78 is 11.2. The zero-order valence-electron chi connectivity index (χ0n) is 21.5. The van der Waals surface area contributed by atoms with Crippen molar-refractivity contribution in [1.82, 2.24) is 0 Å². The molecule has 1 amide bonds. The molecule has 186 valence electrons. The van der Waals surface area contributed by atoms with Gasteiger partial charge in [0.05, 0.1) is 25.8 Å². The smallest absolute Gasteiger partial charge is 0.300 e. The molecular formula is C30H31NO5. The fourth-order valence-electron chi connectivity index (χ4n) is 4.79. The first-order chi connectivity index (χ1) is 17.2. The number of rotatable bonds is 6. The minimum Gasteiger partial charge on any atom is -0.507 e. The van der Waals surface area contributed by atoms with Crippen LogP contribution in [0.5, 0.6) is 11.5 Å². The van der Waals surface area contributed by atoms with Gasteiger partial charge in [-0.05, 0) is 66.8 Å². The third-order valence-electron chi connectivity index (χ3n) is 6.61. The summed E-state index contributed by atoms with van der Waals surface area (Å²) in [5.41, 5.74) is 4.26. The lowest BCUT2D eigenvalue weighted by atomic mass is 9.90. The number of anilines is 1. The van der Waals surface area contributed by atoms with Gasteiger partial charge in [0.15, 0.2) is 0 Å². The lowest BCUT2D eigenvalue weighted by Gasteiger charge is -2.27. The topological polar surface area (TPSA) is 76.1 Å². The summed E-state index contributed by atoms with van der Waals surface area (Å²) in [7, 11) is 3.15. The Morgan fingerprint density at radius 3 is 2.25 bits per heavy atom. The van der Waals surface area contributed by atoms with Crippen LogP contribution in [0.3, 0.4) is 0 Å². The van der Waals surface area contributed by atoms with E-state index in [0.717, 1.165) is 16.7 Å². The number of ether oxygens (including phenoxy) is 2. The maximum Gasteiger partial charge on any atom is 0.300 e. The number of carbonyl (C=O) groups is 2. The third-order valence-corrected chi connectivity index (χ3v) is 6.61. The first kappa shape index (κ1) is 25.0. The number of Topliss-reactive ketones (excluding diaryl/α,β-unsaturated/α-hetero) is 1. The molecule has 1 aliphatic heterocycles. The van der Waals surface area contributed by atoms with E-state index in [9.17, 15) is 14.7 Å². The molecular weight excluding hydrogens is 454 g/mol. The molecule has 1 atom stereocenters. The van der Waals surface area contributed by atoms with Crippen molar-refractivity contribution in [3.63, 3.8) is 0 Å². The Bertz CT molecular complexity index is 1370. The Morgan fingerprint density at radius 1 is 0.917 bits per heavy atom. The second-order valence-corrected chi connectivity index (χ2v) is 9.31. The molecule has 0 radical (unpaired) electrons. The van der Waals surface area contributed by atoms with E-state index in [1.165, 1.54) is 4.90 Å². The summed E-state index contributed by atoms with van der Waals surface area (Å²) in [5, 5.41) is 11.7. The summed E-state index contributed by atoms with van der Waals surface area (Å²) >= 11 is 0. The monoisotopic (exact) mass is 485 g/mol. The van der Waals surface area contributed by atoms with Gasteiger partial charge in [0.1, 0.15) is 17.3 Å². The molecule has 0 saturated carbocycles. The van der Waals surface area contributed by atoms with Crippen LogP contribution in [0.2, 0.25) is 0 Å². The van der Waals surface area contributed by atoms with E-state index in [2.05, 4.69) is 0 Å². The largest absolute Gasteiger partial charge is 0.507 e. The van der Waals surface area contributed by atoms with Crippen LogP contribution in [0.1, 0.15) is 53.6 Å². The van der Waals surface area contributed by atoms with Crippen molar-refractivity contribution in [2.75, 3.05) is 19.1 Å². The lowest BCUT2D eigenvalue weighted by molar-refractivity contribution is -0.132. The number of benzene rings is 3. The summed E-state index contributed by atoms with van der Waals surface area (Å²) in [4.78, 5) is 28.5. The molecule has 1 heterocycles. The minimum absolute atomic E-state index is 0.0222. The molecule has 6 nitrogen and oxygen atoms in total. The lowest BCUT2D eigenvalue weighted by Crippen LogP contribution is -2.29. The van der Waals surface area contributed by atoms with E-state index in [-0.39, 0.29) is 17.3 Å². The highest BCUT2D eigenvalue weighted by Gasteiger charge is 2.48. The number of aryl methyl sites for hydroxylation is 2. The summed E-state index contributed by atoms with van der Waals surface area (Å²) in [6.45, 7) is 7.83. The molecule has 1 unspecified atom stereocenters. The first-order valence-electron chi connectivity index (χ1n) is 11.9. The Balaban J connectivity index is 2.03. The van der Waals surface area contributed by atoms with Crippen LogP contribution in [0.25, 0.3) is 5.76 Å². The molecule has 3 aromatic carbocycles. The standard InChI is InChI=1S/C30H31NO5/c1-17(2)22-16-23(19(4)15-25(22)36-6)28(32)26-27(21-12-7-8-13-24(21)35-5)31(30(34)29(26)33)20-11-9-10-18(3)14-20/h7-17,27,32H,1-6H3/b28-26+. The van der Waals surface area contributed by atoms with Gasteiger partial charge in [0.2, 0.25) is 0 Å².